The first kappa shape index (κ1) is 15.0. The second-order valence-corrected chi connectivity index (χ2v) is 5.82. The van der Waals surface area contributed by atoms with Gasteiger partial charge >= 0.3 is 5.97 Å². The maximum absolute atomic E-state index is 10.8. The minimum Gasteiger partial charge on any atom is -0.504 e. The van der Waals surface area contributed by atoms with Crippen molar-refractivity contribution in [2.24, 2.45) is 5.73 Å². The topological polar surface area (TPSA) is 102 Å². The Morgan fingerprint density at radius 2 is 1.77 bits per heavy atom. The zero-order valence-electron chi connectivity index (χ0n) is 12.4. The van der Waals surface area contributed by atoms with Crippen molar-refractivity contribution in [1.82, 2.24) is 0 Å². The van der Waals surface area contributed by atoms with Crippen LogP contribution in [0.3, 0.4) is 0 Å². The number of rotatable bonds is 4. The molecule has 1 unspecified atom stereocenters. The van der Waals surface area contributed by atoms with Crippen molar-refractivity contribution in [1.29, 1.82) is 0 Å². The molecule has 0 radical (unpaired) electrons. The molecular formula is C16H21NO5. The monoisotopic (exact) mass is 307 g/mol. The molecule has 0 saturated heterocycles. The number of benzene rings is 1. The third kappa shape index (κ3) is 2.59. The molecule has 4 N–H and O–H groups in total. The molecule has 2 aliphatic rings. The Hall–Kier alpha value is -1.95. The SMILES string of the molecule is NC(CCC(=O)O)c1c2c(c(O)c3c1OCCC3)OCCC2. The van der Waals surface area contributed by atoms with Gasteiger partial charge in [0.25, 0.3) is 0 Å². The molecular weight excluding hydrogens is 286 g/mol. The summed E-state index contributed by atoms with van der Waals surface area (Å²) < 4.78 is 11.4. The molecule has 2 aliphatic heterocycles. The number of phenols is 1. The standard InChI is InChI=1S/C16H21NO5/c17-11(5-6-12(18)19)13-9-3-1-8-22-16(9)14(20)10-4-2-7-21-15(10)13/h11,20H,1-8,17H2,(H,18,19). The van der Waals surface area contributed by atoms with E-state index in [-0.39, 0.29) is 12.2 Å². The van der Waals surface area contributed by atoms with E-state index < -0.39 is 12.0 Å². The fourth-order valence-corrected chi connectivity index (χ4v) is 3.27. The third-order valence-corrected chi connectivity index (χ3v) is 4.29. The maximum Gasteiger partial charge on any atom is 0.303 e. The Balaban J connectivity index is 2.08. The quantitative estimate of drug-likeness (QED) is 0.785. The van der Waals surface area contributed by atoms with E-state index in [1.807, 2.05) is 0 Å². The van der Waals surface area contributed by atoms with Crippen LogP contribution in [0.15, 0.2) is 0 Å². The summed E-state index contributed by atoms with van der Waals surface area (Å²) in [5, 5.41) is 19.3. The number of fused-ring (bicyclic) bond motifs is 2. The van der Waals surface area contributed by atoms with E-state index in [1.165, 1.54) is 0 Å². The van der Waals surface area contributed by atoms with E-state index >= 15 is 0 Å². The van der Waals surface area contributed by atoms with Gasteiger partial charge in [-0.25, -0.2) is 0 Å². The minimum absolute atomic E-state index is 0.00640. The summed E-state index contributed by atoms with van der Waals surface area (Å²) in [5.41, 5.74) is 8.70. The molecule has 0 aromatic heterocycles. The van der Waals surface area contributed by atoms with Crippen molar-refractivity contribution in [2.45, 2.75) is 44.6 Å². The van der Waals surface area contributed by atoms with Gasteiger partial charge in [-0.2, -0.15) is 0 Å². The molecule has 2 heterocycles. The van der Waals surface area contributed by atoms with Crippen LogP contribution in [0.5, 0.6) is 17.2 Å². The van der Waals surface area contributed by atoms with E-state index in [4.69, 9.17) is 20.3 Å². The van der Waals surface area contributed by atoms with Crippen LogP contribution in [0.4, 0.5) is 0 Å². The maximum atomic E-state index is 10.8. The van der Waals surface area contributed by atoms with Crippen molar-refractivity contribution in [2.75, 3.05) is 13.2 Å². The van der Waals surface area contributed by atoms with Crippen LogP contribution >= 0.6 is 0 Å². The van der Waals surface area contributed by atoms with E-state index in [2.05, 4.69) is 0 Å². The predicted molar refractivity (Wildman–Crippen MR) is 79.5 cm³/mol. The molecule has 120 valence electrons. The molecule has 1 aromatic rings. The largest absolute Gasteiger partial charge is 0.504 e. The van der Waals surface area contributed by atoms with Gasteiger partial charge in [0.15, 0.2) is 11.5 Å². The normalized spacial score (nSPS) is 17.7. The summed E-state index contributed by atoms with van der Waals surface area (Å²) in [7, 11) is 0. The Bertz CT molecular complexity index is 562. The van der Waals surface area contributed by atoms with Crippen molar-refractivity contribution in [3.63, 3.8) is 0 Å². The molecule has 0 aliphatic carbocycles. The molecule has 0 saturated carbocycles. The second-order valence-electron chi connectivity index (χ2n) is 5.82. The number of carbonyl (C=O) groups is 1. The number of carboxylic acids is 1. The first-order valence-electron chi connectivity index (χ1n) is 7.73. The summed E-state index contributed by atoms with van der Waals surface area (Å²) in [6.07, 6.45) is 3.51. The van der Waals surface area contributed by atoms with E-state index in [1.54, 1.807) is 0 Å². The minimum atomic E-state index is -0.867. The Morgan fingerprint density at radius 1 is 1.14 bits per heavy atom. The highest BCUT2D eigenvalue weighted by molar-refractivity contribution is 5.67. The van der Waals surface area contributed by atoms with Gasteiger partial charge in [-0.1, -0.05) is 0 Å². The summed E-state index contributed by atoms with van der Waals surface area (Å²) in [6.45, 7) is 1.16. The third-order valence-electron chi connectivity index (χ3n) is 4.29. The van der Waals surface area contributed by atoms with Gasteiger partial charge in [0, 0.05) is 29.2 Å². The predicted octanol–water partition coefficient (Wildman–Crippen LogP) is 1.91. The first-order valence-corrected chi connectivity index (χ1v) is 7.73. The Kier molecular flexibility index (Phi) is 4.11. The molecule has 0 amide bonds. The summed E-state index contributed by atoms with van der Waals surface area (Å²) in [4.78, 5) is 10.8. The summed E-state index contributed by atoms with van der Waals surface area (Å²) >= 11 is 0. The van der Waals surface area contributed by atoms with E-state index in [9.17, 15) is 9.90 Å². The average Bonchev–Trinajstić information content (AvgIpc) is 2.53. The fourth-order valence-electron chi connectivity index (χ4n) is 3.27. The average molecular weight is 307 g/mol. The van der Waals surface area contributed by atoms with Crippen molar-refractivity contribution < 1.29 is 24.5 Å². The van der Waals surface area contributed by atoms with Crippen LogP contribution in [0.1, 0.15) is 48.4 Å². The summed E-state index contributed by atoms with van der Waals surface area (Å²) in [5.74, 6) is 0.454. The van der Waals surface area contributed by atoms with Gasteiger partial charge in [0.1, 0.15) is 5.75 Å². The molecule has 22 heavy (non-hydrogen) atoms. The van der Waals surface area contributed by atoms with Crippen LogP contribution in [-0.4, -0.2) is 29.4 Å². The molecule has 6 nitrogen and oxygen atoms in total. The lowest BCUT2D eigenvalue weighted by Crippen LogP contribution is -2.22. The van der Waals surface area contributed by atoms with Crippen molar-refractivity contribution in [3.05, 3.63) is 16.7 Å². The molecule has 3 rings (SSSR count). The van der Waals surface area contributed by atoms with Crippen LogP contribution in [0.2, 0.25) is 0 Å². The number of nitrogens with two attached hydrogens (primary N) is 1. The van der Waals surface area contributed by atoms with Crippen LogP contribution in [0, 0.1) is 0 Å². The van der Waals surface area contributed by atoms with Crippen LogP contribution < -0.4 is 15.2 Å². The molecule has 6 heteroatoms. The number of hydrogen-bond acceptors (Lipinski definition) is 5. The highest BCUT2D eigenvalue weighted by Gasteiger charge is 2.31. The number of aromatic hydroxyl groups is 1. The van der Waals surface area contributed by atoms with Crippen LogP contribution in [-0.2, 0) is 17.6 Å². The number of phenolic OH excluding ortho intramolecular Hbond substituents is 1. The second kappa shape index (κ2) is 6.04. The molecule has 0 bridgehead atoms. The number of aliphatic carboxylic acids is 1. The highest BCUT2D eigenvalue weighted by Crippen LogP contribution is 2.49. The first-order chi connectivity index (χ1) is 10.6. The smallest absolute Gasteiger partial charge is 0.303 e. The van der Waals surface area contributed by atoms with E-state index in [0.717, 1.165) is 42.4 Å². The lowest BCUT2D eigenvalue weighted by Gasteiger charge is -2.30. The molecule has 0 spiro atoms. The zero-order chi connectivity index (χ0) is 15.7. The van der Waals surface area contributed by atoms with Gasteiger partial charge in [-0.15, -0.1) is 0 Å². The molecule has 0 fully saturated rings. The lowest BCUT2D eigenvalue weighted by molar-refractivity contribution is -0.137. The molecule has 1 atom stereocenters. The van der Waals surface area contributed by atoms with Gasteiger partial charge in [-0.05, 0) is 32.1 Å². The van der Waals surface area contributed by atoms with E-state index in [0.29, 0.717) is 31.1 Å². The van der Waals surface area contributed by atoms with Gasteiger partial charge in [0.05, 0.1) is 13.2 Å². The van der Waals surface area contributed by atoms with Gasteiger partial charge in [0.2, 0.25) is 0 Å². The Labute approximate surface area is 128 Å². The highest BCUT2D eigenvalue weighted by atomic mass is 16.5. The van der Waals surface area contributed by atoms with Crippen molar-refractivity contribution >= 4 is 5.97 Å². The number of carboxylic acid groups (broad SMARTS) is 1. The summed E-state index contributed by atoms with van der Waals surface area (Å²) in [6, 6.07) is -0.431. The lowest BCUT2D eigenvalue weighted by atomic mass is 9.87. The van der Waals surface area contributed by atoms with Crippen molar-refractivity contribution in [3.8, 4) is 17.2 Å². The number of hydrogen-bond donors (Lipinski definition) is 3. The zero-order valence-corrected chi connectivity index (χ0v) is 12.4. The Morgan fingerprint density at radius 3 is 2.45 bits per heavy atom. The fraction of sp³-hybridized carbons (Fsp3) is 0.562. The van der Waals surface area contributed by atoms with Gasteiger partial charge < -0.3 is 25.4 Å². The number of ether oxygens (including phenoxy) is 2. The molecule has 1 aromatic carbocycles. The van der Waals surface area contributed by atoms with Gasteiger partial charge in [-0.3, -0.25) is 4.79 Å². The van der Waals surface area contributed by atoms with Crippen LogP contribution in [0.25, 0.3) is 0 Å².